The number of aromatic nitrogens is 2. The lowest BCUT2D eigenvalue weighted by atomic mass is 10.0. The second-order valence-electron chi connectivity index (χ2n) is 4.64. The number of aryl methyl sites for hydroxylation is 2. The summed E-state index contributed by atoms with van der Waals surface area (Å²) in [6, 6.07) is 10.7. The second kappa shape index (κ2) is 6.22. The Morgan fingerprint density at radius 3 is 2.53 bits per heavy atom. The van der Waals surface area contributed by atoms with Crippen LogP contribution in [0.25, 0.3) is 0 Å². The van der Waals surface area contributed by atoms with Gasteiger partial charge in [0.1, 0.15) is 0 Å². The Balaban J connectivity index is 2.26. The standard InChI is InChI=1S/C15H20ClN3/c1-4-12-15(16)14(19(3)18-12)10-13(17-2)11-8-6-5-7-9-11/h5-9,13,17H,4,10H2,1-3H3. The third-order valence-electron chi connectivity index (χ3n) is 3.45. The molecule has 0 radical (unpaired) electrons. The lowest BCUT2D eigenvalue weighted by Crippen LogP contribution is -2.20. The summed E-state index contributed by atoms with van der Waals surface area (Å²) in [5.41, 5.74) is 3.32. The maximum atomic E-state index is 6.41. The van der Waals surface area contributed by atoms with Gasteiger partial charge in [0, 0.05) is 19.5 Å². The molecular weight excluding hydrogens is 258 g/mol. The lowest BCUT2D eigenvalue weighted by Gasteiger charge is -2.17. The summed E-state index contributed by atoms with van der Waals surface area (Å²) >= 11 is 6.41. The van der Waals surface area contributed by atoms with Crippen molar-refractivity contribution in [2.24, 2.45) is 7.05 Å². The molecule has 0 amide bonds. The fraction of sp³-hybridized carbons (Fsp3) is 0.400. The number of likely N-dealkylation sites (N-methyl/N-ethyl adjacent to an activating group) is 1. The molecule has 0 fully saturated rings. The minimum atomic E-state index is 0.249. The van der Waals surface area contributed by atoms with Crippen molar-refractivity contribution >= 4 is 11.6 Å². The molecule has 2 aromatic rings. The molecule has 1 aromatic carbocycles. The molecule has 1 aromatic heterocycles. The molecule has 0 aliphatic carbocycles. The Morgan fingerprint density at radius 1 is 1.32 bits per heavy atom. The smallest absolute Gasteiger partial charge is 0.0850 e. The molecule has 1 unspecified atom stereocenters. The maximum Gasteiger partial charge on any atom is 0.0850 e. The molecule has 4 heteroatoms. The number of benzene rings is 1. The first-order valence-corrected chi connectivity index (χ1v) is 6.97. The highest BCUT2D eigenvalue weighted by Gasteiger charge is 2.18. The van der Waals surface area contributed by atoms with Gasteiger partial charge in [-0.25, -0.2) is 0 Å². The summed E-state index contributed by atoms with van der Waals surface area (Å²) in [7, 11) is 3.93. The van der Waals surface area contributed by atoms with Crippen LogP contribution >= 0.6 is 11.6 Å². The minimum Gasteiger partial charge on any atom is -0.313 e. The Kier molecular flexibility index (Phi) is 4.61. The first-order chi connectivity index (χ1) is 9.17. The number of halogens is 1. The number of hydrogen-bond acceptors (Lipinski definition) is 2. The zero-order chi connectivity index (χ0) is 13.8. The van der Waals surface area contributed by atoms with Crippen LogP contribution in [-0.2, 0) is 19.9 Å². The average Bonchev–Trinajstić information content (AvgIpc) is 2.72. The Morgan fingerprint density at radius 2 is 2.00 bits per heavy atom. The predicted octanol–water partition coefficient (Wildman–Crippen LogP) is 3.14. The van der Waals surface area contributed by atoms with E-state index in [0.29, 0.717) is 0 Å². The summed E-state index contributed by atoms with van der Waals surface area (Å²) in [4.78, 5) is 0. The van der Waals surface area contributed by atoms with Gasteiger partial charge in [-0.05, 0) is 19.0 Å². The molecule has 1 atom stereocenters. The maximum absolute atomic E-state index is 6.41. The van der Waals surface area contributed by atoms with Gasteiger partial charge in [0.25, 0.3) is 0 Å². The zero-order valence-electron chi connectivity index (χ0n) is 11.7. The van der Waals surface area contributed by atoms with Gasteiger partial charge in [-0.1, -0.05) is 48.9 Å². The summed E-state index contributed by atoms with van der Waals surface area (Å²) < 4.78 is 1.90. The van der Waals surface area contributed by atoms with Crippen LogP contribution in [0.5, 0.6) is 0 Å². The molecule has 0 aliphatic heterocycles. The van der Waals surface area contributed by atoms with Crippen LogP contribution in [0.3, 0.4) is 0 Å². The molecule has 1 N–H and O–H groups in total. The van der Waals surface area contributed by atoms with E-state index in [9.17, 15) is 0 Å². The molecule has 0 saturated heterocycles. The van der Waals surface area contributed by atoms with E-state index in [2.05, 4.69) is 41.6 Å². The van der Waals surface area contributed by atoms with Gasteiger partial charge in [-0.3, -0.25) is 4.68 Å². The van der Waals surface area contributed by atoms with Crippen LogP contribution in [0.1, 0.15) is 29.9 Å². The number of nitrogens with zero attached hydrogens (tertiary/aromatic N) is 2. The molecule has 0 bridgehead atoms. The van der Waals surface area contributed by atoms with Crippen molar-refractivity contribution < 1.29 is 0 Å². The monoisotopic (exact) mass is 277 g/mol. The Hall–Kier alpha value is -1.32. The molecule has 102 valence electrons. The van der Waals surface area contributed by atoms with Gasteiger partial charge in [0.15, 0.2) is 0 Å². The predicted molar refractivity (Wildman–Crippen MR) is 79.5 cm³/mol. The fourth-order valence-corrected chi connectivity index (χ4v) is 2.68. The number of nitrogens with one attached hydrogen (secondary N) is 1. The highest BCUT2D eigenvalue weighted by Crippen LogP contribution is 2.26. The molecule has 0 saturated carbocycles. The van der Waals surface area contributed by atoms with Crippen molar-refractivity contribution in [3.8, 4) is 0 Å². The van der Waals surface area contributed by atoms with Gasteiger partial charge in [0.2, 0.25) is 0 Å². The van der Waals surface area contributed by atoms with Crippen LogP contribution in [-0.4, -0.2) is 16.8 Å². The largest absolute Gasteiger partial charge is 0.313 e. The van der Waals surface area contributed by atoms with E-state index in [1.54, 1.807) is 0 Å². The van der Waals surface area contributed by atoms with Crippen LogP contribution in [0.2, 0.25) is 5.02 Å². The van der Waals surface area contributed by atoms with E-state index in [-0.39, 0.29) is 6.04 Å². The molecular formula is C15H20ClN3. The zero-order valence-corrected chi connectivity index (χ0v) is 12.4. The first kappa shape index (κ1) is 14.1. The third kappa shape index (κ3) is 2.99. The van der Waals surface area contributed by atoms with Gasteiger partial charge in [0.05, 0.1) is 16.4 Å². The van der Waals surface area contributed by atoms with E-state index in [1.165, 1.54) is 5.56 Å². The molecule has 1 heterocycles. The minimum absolute atomic E-state index is 0.249. The summed E-state index contributed by atoms with van der Waals surface area (Å²) in [6.07, 6.45) is 1.70. The summed E-state index contributed by atoms with van der Waals surface area (Å²) in [5.74, 6) is 0. The number of rotatable bonds is 5. The van der Waals surface area contributed by atoms with E-state index < -0.39 is 0 Å². The average molecular weight is 278 g/mol. The van der Waals surface area contributed by atoms with E-state index >= 15 is 0 Å². The van der Waals surface area contributed by atoms with Crippen molar-refractivity contribution in [2.45, 2.75) is 25.8 Å². The quantitative estimate of drug-likeness (QED) is 0.910. The van der Waals surface area contributed by atoms with Crippen LogP contribution in [0, 0.1) is 0 Å². The second-order valence-corrected chi connectivity index (χ2v) is 5.02. The Labute approximate surface area is 119 Å². The summed E-state index contributed by atoms with van der Waals surface area (Å²) in [6.45, 7) is 2.07. The van der Waals surface area contributed by atoms with Gasteiger partial charge in [-0.15, -0.1) is 0 Å². The first-order valence-electron chi connectivity index (χ1n) is 6.59. The number of hydrogen-bond donors (Lipinski definition) is 1. The molecule has 3 nitrogen and oxygen atoms in total. The molecule has 2 rings (SSSR count). The Bertz CT molecular complexity index is 534. The van der Waals surface area contributed by atoms with Gasteiger partial charge >= 0.3 is 0 Å². The van der Waals surface area contributed by atoms with E-state index in [4.69, 9.17) is 11.6 Å². The highest BCUT2D eigenvalue weighted by atomic mass is 35.5. The van der Waals surface area contributed by atoms with Crippen molar-refractivity contribution in [3.05, 3.63) is 52.3 Å². The van der Waals surface area contributed by atoms with Gasteiger partial charge < -0.3 is 5.32 Å². The van der Waals surface area contributed by atoms with Crippen molar-refractivity contribution in [3.63, 3.8) is 0 Å². The fourth-order valence-electron chi connectivity index (χ4n) is 2.31. The molecule has 0 aliphatic rings. The topological polar surface area (TPSA) is 29.9 Å². The molecule has 19 heavy (non-hydrogen) atoms. The third-order valence-corrected chi connectivity index (χ3v) is 3.89. The SMILES string of the molecule is CCc1nn(C)c(CC(NC)c2ccccc2)c1Cl. The van der Waals surface area contributed by atoms with E-state index in [1.807, 2.05) is 24.8 Å². The van der Waals surface area contributed by atoms with Crippen molar-refractivity contribution in [1.82, 2.24) is 15.1 Å². The van der Waals surface area contributed by atoms with Gasteiger partial charge in [-0.2, -0.15) is 5.10 Å². The lowest BCUT2D eigenvalue weighted by molar-refractivity contribution is 0.561. The van der Waals surface area contributed by atoms with Crippen LogP contribution in [0.4, 0.5) is 0 Å². The van der Waals surface area contributed by atoms with Crippen molar-refractivity contribution in [2.75, 3.05) is 7.05 Å². The summed E-state index contributed by atoms with van der Waals surface area (Å²) in [5, 5.41) is 8.62. The highest BCUT2D eigenvalue weighted by molar-refractivity contribution is 6.31. The van der Waals surface area contributed by atoms with E-state index in [0.717, 1.165) is 29.3 Å². The van der Waals surface area contributed by atoms with Crippen LogP contribution in [0.15, 0.2) is 30.3 Å². The molecule has 0 spiro atoms. The van der Waals surface area contributed by atoms with Crippen LogP contribution < -0.4 is 5.32 Å². The van der Waals surface area contributed by atoms with Crippen molar-refractivity contribution in [1.29, 1.82) is 0 Å². The normalized spacial score (nSPS) is 12.6.